The van der Waals surface area contributed by atoms with E-state index in [0.29, 0.717) is 0 Å². The largest absolute Gasteiger partial charge is 0.384 e. The van der Waals surface area contributed by atoms with Crippen molar-refractivity contribution in [3.05, 3.63) is 11.3 Å². The van der Waals surface area contributed by atoms with E-state index in [0.717, 1.165) is 23.5 Å². The average Bonchev–Trinajstić information content (AvgIpc) is 2.34. The Labute approximate surface area is 79.9 Å². The van der Waals surface area contributed by atoms with Crippen LogP contribution < -0.4 is 5.73 Å². The van der Waals surface area contributed by atoms with Crippen molar-refractivity contribution >= 4 is 5.82 Å². The summed E-state index contributed by atoms with van der Waals surface area (Å²) in [6.07, 6.45) is 4.80. The first-order chi connectivity index (χ1) is 6.16. The van der Waals surface area contributed by atoms with Crippen molar-refractivity contribution in [2.75, 3.05) is 5.73 Å². The molecule has 0 aliphatic carbocycles. The van der Waals surface area contributed by atoms with Gasteiger partial charge in [0.25, 0.3) is 0 Å². The summed E-state index contributed by atoms with van der Waals surface area (Å²) in [4.78, 5) is 0. The van der Waals surface area contributed by atoms with E-state index in [-0.39, 0.29) is 0 Å². The first kappa shape index (κ1) is 10.1. The van der Waals surface area contributed by atoms with E-state index < -0.39 is 0 Å². The second-order valence-electron chi connectivity index (χ2n) is 3.54. The van der Waals surface area contributed by atoms with E-state index in [9.17, 15) is 0 Å². The lowest BCUT2D eigenvalue weighted by Gasteiger charge is -1.96. The molecule has 0 amide bonds. The number of nitrogen functional groups attached to an aromatic ring is 1. The van der Waals surface area contributed by atoms with E-state index in [2.05, 4.69) is 12.0 Å². The van der Waals surface area contributed by atoms with Crippen molar-refractivity contribution in [2.45, 2.75) is 39.5 Å². The van der Waals surface area contributed by atoms with Crippen molar-refractivity contribution in [2.24, 2.45) is 7.05 Å². The maximum atomic E-state index is 5.81. The number of anilines is 1. The lowest BCUT2D eigenvalue weighted by atomic mass is 10.1. The fraction of sp³-hybridized carbons (Fsp3) is 0.700. The molecule has 2 N–H and O–H groups in total. The van der Waals surface area contributed by atoms with Gasteiger partial charge in [0, 0.05) is 12.6 Å². The number of unbranched alkanes of at least 4 members (excludes halogenated alkanes) is 2. The molecule has 0 saturated carbocycles. The maximum Gasteiger partial charge on any atom is 0.124 e. The normalized spacial score (nSPS) is 10.7. The Morgan fingerprint density at radius 1 is 1.38 bits per heavy atom. The van der Waals surface area contributed by atoms with Crippen LogP contribution in [0.1, 0.15) is 37.4 Å². The van der Waals surface area contributed by atoms with Gasteiger partial charge in [0.2, 0.25) is 0 Å². The van der Waals surface area contributed by atoms with E-state index in [1.807, 2.05) is 14.0 Å². The standard InChI is InChI=1S/C10H19N3/c1-4-5-6-7-9-8(2)10(11)13(3)12-9/h4-7,11H2,1-3H3. The third-order valence-corrected chi connectivity index (χ3v) is 2.45. The topological polar surface area (TPSA) is 43.8 Å². The van der Waals surface area contributed by atoms with Crippen LogP contribution in [0.15, 0.2) is 0 Å². The molecule has 3 nitrogen and oxygen atoms in total. The summed E-state index contributed by atoms with van der Waals surface area (Å²) in [5, 5.41) is 4.37. The molecule has 0 radical (unpaired) electrons. The lowest BCUT2D eigenvalue weighted by Crippen LogP contribution is -1.97. The fourth-order valence-electron chi connectivity index (χ4n) is 1.48. The number of aryl methyl sites for hydroxylation is 2. The summed E-state index contributed by atoms with van der Waals surface area (Å²) in [5.41, 5.74) is 8.12. The monoisotopic (exact) mass is 181 g/mol. The molecule has 0 aliphatic heterocycles. The quantitative estimate of drug-likeness (QED) is 0.722. The van der Waals surface area contributed by atoms with E-state index in [1.165, 1.54) is 19.3 Å². The summed E-state index contributed by atoms with van der Waals surface area (Å²) >= 11 is 0. The fourth-order valence-corrected chi connectivity index (χ4v) is 1.48. The van der Waals surface area contributed by atoms with Crippen molar-refractivity contribution in [1.29, 1.82) is 0 Å². The zero-order valence-corrected chi connectivity index (χ0v) is 8.80. The summed E-state index contributed by atoms with van der Waals surface area (Å²) < 4.78 is 1.76. The van der Waals surface area contributed by atoms with Crippen molar-refractivity contribution in [3.8, 4) is 0 Å². The van der Waals surface area contributed by atoms with Gasteiger partial charge in [-0.25, -0.2) is 0 Å². The lowest BCUT2D eigenvalue weighted by molar-refractivity contribution is 0.683. The average molecular weight is 181 g/mol. The Hall–Kier alpha value is -0.990. The minimum atomic E-state index is 0.798. The molecule has 1 aromatic heterocycles. The Kier molecular flexibility index (Phi) is 3.34. The van der Waals surface area contributed by atoms with Crippen LogP contribution in [0.3, 0.4) is 0 Å². The highest BCUT2D eigenvalue weighted by Crippen LogP contribution is 2.16. The smallest absolute Gasteiger partial charge is 0.124 e. The van der Waals surface area contributed by atoms with Gasteiger partial charge in [-0.15, -0.1) is 0 Å². The van der Waals surface area contributed by atoms with Gasteiger partial charge in [0.15, 0.2) is 0 Å². The highest BCUT2D eigenvalue weighted by Gasteiger charge is 2.07. The van der Waals surface area contributed by atoms with Crippen molar-refractivity contribution in [3.63, 3.8) is 0 Å². The molecule has 0 fully saturated rings. The Morgan fingerprint density at radius 2 is 2.08 bits per heavy atom. The molecule has 1 aromatic rings. The molecule has 74 valence electrons. The Balaban J connectivity index is 2.61. The second-order valence-corrected chi connectivity index (χ2v) is 3.54. The molecule has 0 spiro atoms. The SMILES string of the molecule is CCCCCc1nn(C)c(N)c1C. The van der Waals surface area contributed by atoms with Crippen LogP contribution in [0.5, 0.6) is 0 Å². The predicted molar refractivity (Wildman–Crippen MR) is 55.6 cm³/mol. The number of rotatable bonds is 4. The molecule has 0 bridgehead atoms. The van der Waals surface area contributed by atoms with Gasteiger partial charge in [0.05, 0.1) is 5.69 Å². The van der Waals surface area contributed by atoms with Crippen LogP contribution in [0.4, 0.5) is 5.82 Å². The molecular weight excluding hydrogens is 162 g/mol. The van der Waals surface area contributed by atoms with Gasteiger partial charge < -0.3 is 5.73 Å². The molecule has 0 saturated heterocycles. The van der Waals surface area contributed by atoms with E-state index in [4.69, 9.17) is 5.73 Å². The zero-order chi connectivity index (χ0) is 9.84. The molecule has 13 heavy (non-hydrogen) atoms. The molecule has 0 unspecified atom stereocenters. The van der Waals surface area contributed by atoms with Crippen molar-refractivity contribution < 1.29 is 0 Å². The molecule has 0 aromatic carbocycles. The highest BCUT2D eigenvalue weighted by molar-refractivity contribution is 5.41. The first-order valence-corrected chi connectivity index (χ1v) is 4.94. The Bertz CT molecular complexity index is 276. The number of hydrogen-bond acceptors (Lipinski definition) is 2. The molecular formula is C10H19N3. The maximum absolute atomic E-state index is 5.81. The minimum Gasteiger partial charge on any atom is -0.384 e. The van der Waals surface area contributed by atoms with Crippen LogP contribution in [0.2, 0.25) is 0 Å². The first-order valence-electron chi connectivity index (χ1n) is 4.94. The number of hydrogen-bond donors (Lipinski definition) is 1. The highest BCUT2D eigenvalue weighted by atomic mass is 15.3. The summed E-state index contributed by atoms with van der Waals surface area (Å²) in [6, 6.07) is 0. The van der Waals surface area contributed by atoms with Gasteiger partial charge in [-0.2, -0.15) is 5.10 Å². The van der Waals surface area contributed by atoms with Gasteiger partial charge in [-0.1, -0.05) is 19.8 Å². The summed E-state index contributed by atoms with van der Waals surface area (Å²) in [5.74, 6) is 0.798. The van der Waals surface area contributed by atoms with Gasteiger partial charge in [0.1, 0.15) is 5.82 Å². The van der Waals surface area contributed by atoms with Gasteiger partial charge in [-0.05, 0) is 19.8 Å². The van der Waals surface area contributed by atoms with Crippen LogP contribution in [0, 0.1) is 6.92 Å². The third kappa shape index (κ3) is 2.23. The van der Waals surface area contributed by atoms with E-state index in [1.54, 1.807) is 4.68 Å². The van der Waals surface area contributed by atoms with E-state index >= 15 is 0 Å². The number of nitrogens with two attached hydrogens (primary N) is 1. The van der Waals surface area contributed by atoms with Gasteiger partial charge in [-0.3, -0.25) is 4.68 Å². The number of nitrogens with zero attached hydrogens (tertiary/aromatic N) is 2. The zero-order valence-electron chi connectivity index (χ0n) is 8.80. The summed E-state index contributed by atoms with van der Waals surface area (Å²) in [6.45, 7) is 4.25. The molecule has 3 heteroatoms. The van der Waals surface area contributed by atoms with Crippen LogP contribution in [-0.2, 0) is 13.5 Å². The molecule has 1 heterocycles. The second kappa shape index (κ2) is 4.30. The molecule has 0 aliphatic rings. The van der Waals surface area contributed by atoms with Crippen LogP contribution >= 0.6 is 0 Å². The molecule has 1 rings (SSSR count). The molecule has 0 atom stereocenters. The Morgan fingerprint density at radius 3 is 2.54 bits per heavy atom. The van der Waals surface area contributed by atoms with Crippen LogP contribution in [0.25, 0.3) is 0 Å². The third-order valence-electron chi connectivity index (χ3n) is 2.45. The predicted octanol–water partition coefficient (Wildman–Crippen LogP) is 2.04. The summed E-state index contributed by atoms with van der Waals surface area (Å²) in [7, 11) is 1.89. The van der Waals surface area contributed by atoms with Crippen LogP contribution in [-0.4, -0.2) is 9.78 Å². The number of aromatic nitrogens is 2. The van der Waals surface area contributed by atoms with Crippen molar-refractivity contribution in [1.82, 2.24) is 9.78 Å². The minimum absolute atomic E-state index is 0.798. The van der Waals surface area contributed by atoms with Gasteiger partial charge >= 0.3 is 0 Å².